The van der Waals surface area contributed by atoms with Gasteiger partial charge in [-0.3, -0.25) is 14.4 Å². The number of hydrogen-bond acceptors (Lipinski definition) is 7. The minimum absolute atomic E-state index is 0.0131. The van der Waals surface area contributed by atoms with Gasteiger partial charge in [-0.25, -0.2) is 4.79 Å². The lowest BCUT2D eigenvalue weighted by molar-refractivity contribution is -0.199. The first-order valence-electron chi connectivity index (χ1n) is 8.34. The van der Waals surface area contributed by atoms with Crippen LogP contribution in [0.4, 0.5) is 0 Å². The van der Waals surface area contributed by atoms with Crippen molar-refractivity contribution < 1.29 is 33.5 Å². The van der Waals surface area contributed by atoms with Gasteiger partial charge in [0.15, 0.2) is 0 Å². The molecule has 0 spiro atoms. The molecule has 0 aromatic heterocycles. The first-order valence-corrected chi connectivity index (χ1v) is 8.34. The summed E-state index contributed by atoms with van der Waals surface area (Å²) < 4.78 is 10.4. The van der Waals surface area contributed by atoms with Gasteiger partial charge in [-0.1, -0.05) is 27.7 Å². The molecule has 1 aliphatic rings. The smallest absolute Gasteiger partial charge is 0.344 e. The van der Waals surface area contributed by atoms with Crippen LogP contribution in [0.25, 0.3) is 0 Å². The van der Waals surface area contributed by atoms with Gasteiger partial charge in [0.25, 0.3) is 11.8 Å². The Morgan fingerprint density at radius 1 is 1.20 bits per heavy atom. The van der Waals surface area contributed by atoms with E-state index in [0.717, 1.165) is 6.42 Å². The second-order valence-electron chi connectivity index (χ2n) is 7.44. The number of esters is 1. The Balaban J connectivity index is 2.23. The number of carbonyl (C=O) groups excluding carboxylic acids is 4. The van der Waals surface area contributed by atoms with Crippen LogP contribution in [0, 0.1) is 11.3 Å². The third-order valence-corrected chi connectivity index (χ3v) is 3.46. The maximum absolute atomic E-state index is 11.6. The summed E-state index contributed by atoms with van der Waals surface area (Å²) in [5.41, 5.74) is 0.141. The Kier molecular flexibility index (Phi) is 7.54. The largest absolute Gasteiger partial charge is 0.463 e. The monoisotopic (exact) mass is 357 g/mol. The number of carbonyl (C=O) groups is 4. The normalized spacial score (nSPS) is 19.1. The molecule has 0 radical (unpaired) electrons. The highest BCUT2D eigenvalue weighted by Gasteiger charge is 2.39. The Hall–Kier alpha value is -1.96. The fourth-order valence-electron chi connectivity index (χ4n) is 2.48. The third-order valence-electron chi connectivity index (χ3n) is 3.46. The first kappa shape index (κ1) is 21.1. The number of hydroxylamine groups is 2. The van der Waals surface area contributed by atoms with Crippen molar-refractivity contribution in [3.8, 4) is 0 Å². The molecule has 0 N–H and O–H groups in total. The number of hydrogen-bond donors (Lipinski definition) is 0. The fraction of sp³-hybridized carbons (Fsp3) is 0.765. The minimum atomic E-state index is -1.01. The number of nitrogens with zero attached hydrogens (tertiary/aromatic N) is 1. The van der Waals surface area contributed by atoms with E-state index in [0.29, 0.717) is 5.06 Å². The average Bonchev–Trinajstić information content (AvgIpc) is 2.68. The summed E-state index contributed by atoms with van der Waals surface area (Å²) in [6.45, 7) is 10.1. The van der Waals surface area contributed by atoms with Crippen LogP contribution in [0.2, 0.25) is 0 Å². The van der Waals surface area contributed by atoms with Crippen molar-refractivity contribution in [1.29, 1.82) is 0 Å². The summed E-state index contributed by atoms with van der Waals surface area (Å²) in [6.07, 6.45) is 0.200. The van der Waals surface area contributed by atoms with E-state index in [4.69, 9.17) is 9.47 Å². The van der Waals surface area contributed by atoms with E-state index in [1.54, 1.807) is 6.92 Å². The SMILES string of the molecule is CC(CC(C)(C)C)OCCOC(=O)CC(=O)ON1C(=O)CC(C)C1=O. The molecule has 8 nitrogen and oxygen atoms in total. The predicted molar refractivity (Wildman–Crippen MR) is 86.8 cm³/mol. The zero-order valence-corrected chi connectivity index (χ0v) is 15.5. The van der Waals surface area contributed by atoms with Crippen molar-refractivity contribution in [1.82, 2.24) is 5.06 Å². The van der Waals surface area contributed by atoms with Crippen LogP contribution in [0.3, 0.4) is 0 Å². The van der Waals surface area contributed by atoms with E-state index in [1.807, 2.05) is 6.92 Å². The van der Waals surface area contributed by atoms with Crippen LogP contribution >= 0.6 is 0 Å². The highest BCUT2D eigenvalue weighted by Crippen LogP contribution is 2.22. The van der Waals surface area contributed by atoms with Crippen molar-refractivity contribution in [3.05, 3.63) is 0 Å². The van der Waals surface area contributed by atoms with Gasteiger partial charge in [0.2, 0.25) is 0 Å². The molecule has 1 rings (SSSR count). The Morgan fingerprint density at radius 3 is 2.36 bits per heavy atom. The van der Waals surface area contributed by atoms with Gasteiger partial charge >= 0.3 is 11.9 Å². The van der Waals surface area contributed by atoms with Crippen LogP contribution in [0.15, 0.2) is 0 Å². The maximum atomic E-state index is 11.6. The summed E-state index contributed by atoms with van der Waals surface area (Å²) in [4.78, 5) is 50.9. The highest BCUT2D eigenvalue weighted by atomic mass is 16.7. The van der Waals surface area contributed by atoms with Gasteiger partial charge in [-0.15, -0.1) is 5.06 Å². The molecule has 0 aromatic rings. The van der Waals surface area contributed by atoms with Gasteiger partial charge in [0.05, 0.1) is 12.7 Å². The molecule has 1 heterocycles. The number of imide groups is 1. The Morgan fingerprint density at radius 2 is 1.84 bits per heavy atom. The molecule has 0 aromatic carbocycles. The maximum Gasteiger partial charge on any atom is 0.344 e. The van der Waals surface area contributed by atoms with E-state index in [2.05, 4.69) is 25.6 Å². The number of ether oxygens (including phenoxy) is 2. The van der Waals surface area contributed by atoms with Crippen molar-refractivity contribution in [2.24, 2.45) is 11.3 Å². The lowest BCUT2D eigenvalue weighted by Crippen LogP contribution is -2.34. The van der Waals surface area contributed by atoms with Crippen LogP contribution in [0.1, 0.15) is 53.9 Å². The molecule has 0 aliphatic carbocycles. The number of rotatable bonds is 8. The lowest BCUT2D eigenvalue weighted by Gasteiger charge is -2.23. The summed E-state index contributed by atoms with van der Waals surface area (Å²) in [7, 11) is 0. The van der Waals surface area contributed by atoms with E-state index >= 15 is 0 Å². The Labute approximate surface area is 147 Å². The van der Waals surface area contributed by atoms with Crippen molar-refractivity contribution >= 4 is 23.8 Å². The zero-order valence-electron chi connectivity index (χ0n) is 15.5. The molecule has 2 atom stereocenters. The van der Waals surface area contributed by atoms with Crippen LogP contribution < -0.4 is 0 Å². The molecule has 1 aliphatic heterocycles. The van der Waals surface area contributed by atoms with Gasteiger partial charge < -0.3 is 14.3 Å². The second kappa shape index (κ2) is 8.94. The highest BCUT2D eigenvalue weighted by molar-refractivity contribution is 6.03. The third kappa shape index (κ3) is 7.64. The molecule has 0 bridgehead atoms. The molecular weight excluding hydrogens is 330 g/mol. The van der Waals surface area contributed by atoms with Gasteiger partial charge in [0, 0.05) is 12.3 Å². The fourth-order valence-corrected chi connectivity index (χ4v) is 2.48. The minimum Gasteiger partial charge on any atom is -0.463 e. The Bertz CT molecular complexity index is 524. The van der Waals surface area contributed by atoms with Crippen molar-refractivity contribution in [3.63, 3.8) is 0 Å². The van der Waals surface area contributed by atoms with Crippen LogP contribution in [-0.2, 0) is 33.5 Å². The molecule has 2 unspecified atom stereocenters. The van der Waals surface area contributed by atoms with E-state index < -0.39 is 36.1 Å². The summed E-state index contributed by atoms with van der Waals surface area (Å²) in [5, 5.41) is 0.414. The summed E-state index contributed by atoms with van der Waals surface area (Å²) in [6, 6.07) is 0. The topological polar surface area (TPSA) is 99.2 Å². The van der Waals surface area contributed by atoms with E-state index in [1.165, 1.54) is 0 Å². The molecule has 8 heteroatoms. The molecular formula is C17H27NO7. The molecule has 2 amide bonds. The molecule has 0 saturated carbocycles. The van der Waals surface area contributed by atoms with E-state index in [-0.39, 0.29) is 31.2 Å². The number of amides is 2. The average molecular weight is 357 g/mol. The van der Waals surface area contributed by atoms with Gasteiger partial charge in [0.1, 0.15) is 13.0 Å². The lowest BCUT2D eigenvalue weighted by atomic mass is 9.90. The van der Waals surface area contributed by atoms with Crippen molar-refractivity contribution in [2.45, 2.75) is 60.0 Å². The molecule has 142 valence electrons. The first-order chi connectivity index (χ1) is 11.5. The van der Waals surface area contributed by atoms with Crippen LogP contribution in [-0.4, -0.2) is 48.1 Å². The summed E-state index contributed by atoms with van der Waals surface area (Å²) >= 11 is 0. The molecule has 1 fully saturated rings. The zero-order chi connectivity index (χ0) is 19.2. The van der Waals surface area contributed by atoms with E-state index in [9.17, 15) is 19.2 Å². The van der Waals surface area contributed by atoms with Crippen molar-refractivity contribution in [2.75, 3.05) is 13.2 Å². The van der Waals surface area contributed by atoms with Crippen LogP contribution in [0.5, 0.6) is 0 Å². The van der Waals surface area contributed by atoms with Gasteiger partial charge in [-0.2, -0.15) is 0 Å². The molecule has 25 heavy (non-hydrogen) atoms. The predicted octanol–water partition coefficient (Wildman–Crippen LogP) is 1.61. The molecule has 1 saturated heterocycles. The quantitative estimate of drug-likeness (QED) is 0.282. The summed E-state index contributed by atoms with van der Waals surface area (Å²) in [5.74, 6) is -3.53. The second-order valence-corrected chi connectivity index (χ2v) is 7.44. The standard InChI is InChI=1S/C17H27NO7/c1-11-8-13(19)18(16(11)22)25-15(21)9-14(20)24-7-6-23-12(2)10-17(3,4)5/h11-12H,6-10H2,1-5H3. The van der Waals surface area contributed by atoms with Gasteiger partial charge in [-0.05, 0) is 18.8 Å².